The van der Waals surface area contributed by atoms with E-state index < -0.39 is 46.6 Å². The normalized spacial score (nSPS) is 13.3. The Kier molecular flexibility index (Phi) is 11.2. The van der Waals surface area contributed by atoms with Gasteiger partial charge in [-0.2, -0.15) is 39.5 Å². The Hall–Kier alpha value is -5.45. The predicted octanol–water partition coefficient (Wildman–Crippen LogP) is 12.8. The molecule has 0 aliphatic rings. The average Bonchev–Trinajstić information content (AvgIpc) is 3.06. The number of benzene rings is 3. The summed E-state index contributed by atoms with van der Waals surface area (Å²) in [7, 11) is 0. The standard InChI is InChI=1S/C39H29F9N2/c1-5-9-24(10-6-2)26-13-17-28(18-14-26)33-23-34(29-19-15-27(16-20-29)25(11-7-3)12-8-4)50-36(49-33)35-31(38(43,44)45)21-30(37(40,41)42)22-32(35)39(46,47)48/h5-23H,1,3H2,2,4H3/b10-6-,12-8-,24-9+,25-11+. The molecule has 1 aromatic heterocycles. The molecular formula is C39H29F9N2. The fourth-order valence-electron chi connectivity index (χ4n) is 5.12. The van der Waals surface area contributed by atoms with E-state index in [9.17, 15) is 39.5 Å². The molecule has 4 aromatic rings. The van der Waals surface area contributed by atoms with E-state index in [0.717, 1.165) is 22.3 Å². The van der Waals surface area contributed by atoms with Gasteiger partial charge >= 0.3 is 18.5 Å². The van der Waals surface area contributed by atoms with Crippen LogP contribution in [0.1, 0.15) is 41.7 Å². The Labute approximate surface area is 283 Å². The zero-order valence-electron chi connectivity index (χ0n) is 26.7. The first-order chi connectivity index (χ1) is 23.5. The van der Waals surface area contributed by atoms with E-state index in [2.05, 4.69) is 23.1 Å². The fraction of sp³-hybridized carbons (Fsp3) is 0.128. The predicted molar refractivity (Wildman–Crippen MR) is 179 cm³/mol. The van der Waals surface area contributed by atoms with Gasteiger partial charge in [-0.25, -0.2) is 9.97 Å². The maximum atomic E-state index is 14.4. The maximum absolute atomic E-state index is 14.4. The molecule has 0 amide bonds. The topological polar surface area (TPSA) is 25.8 Å². The molecule has 0 atom stereocenters. The van der Waals surface area contributed by atoms with Gasteiger partial charge in [-0.15, -0.1) is 0 Å². The molecule has 0 aliphatic carbocycles. The first kappa shape index (κ1) is 37.4. The van der Waals surface area contributed by atoms with Crippen LogP contribution in [0.25, 0.3) is 45.0 Å². The van der Waals surface area contributed by atoms with E-state index in [-0.39, 0.29) is 23.5 Å². The number of hydrogen-bond acceptors (Lipinski definition) is 2. The van der Waals surface area contributed by atoms with Crippen LogP contribution in [0.2, 0.25) is 0 Å². The second-order valence-electron chi connectivity index (χ2n) is 10.8. The second kappa shape index (κ2) is 15.0. The number of nitrogens with zero attached hydrogens (tertiary/aromatic N) is 2. The van der Waals surface area contributed by atoms with Crippen molar-refractivity contribution < 1.29 is 39.5 Å². The van der Waals surface area contributed by atoms with Gasteiger partial charge < -0.3 is 0 Å². The third-order valence-electron chi connectivity index (χ3n) is 7.34. The SMILES string of the molecule is C=C/C=C(\C=C/C)c1ccc(-c2cc(-c3ccc(C(/C=C\C)=C/C=C)cc3)nc(-c3c(C(F)(F)F)cc(C(F)(F)F)cc3C(F)(F)F)n2)cc1. The molecule has 0 saturated carbocycles. The number of aromatic nitrogens is 2. The molecule has 11 heteroatoms. The molecule has 0 saturated heterocycles. The van der Waals surface area contributed by atoms with Gasteiger partial charge in [0, 0.05) is 16.7 Å². The van der Waals surface area contributed by atoms with Gasteiger partial charge in [0.25, 0.3) is 0 Å². The van der Waals surface area contributed by atoms with Crippen LogP contribution >= 0.6 is 0 Å². The van der Waals surface area contributed by atoms with E-state index in [1.807, 2.05) is 26.0 Å². The first-order valence-corrected chi connectivity index (χ1v) is 14.9. The molecule has 2 nitrogen and oxygen atoms in total. The minimum atomic E-state index is -5.64. The lowest BCUT2D eigenvalue weighted by molar-refractivity contribution is -0.147. The number of hydrogen-bond donors (Lipinski definition) is 0. The Morgan fingerprint density at radius 1 is 0.560 bits per heavy atom. The average molecular weight is 697 g/mol. The molecule has 258 valence electrons. The molecule has 50 heavy (non-hydrogen) atoms. The van der Waals surface area contributed by atoms with Gasteiger partial charge in [-0.1, -0.05) is 110 Å². The zero-order chi connectivity index (χ0) is 36.9. The number of allylic oxidation sites excluding steroid dienone is 10. The Morgan fingerprint density at radius 2 is 0.940 bits per heavy atom. The van der Waals surface area contributed by atoms with Crippen LogP contribution in [0.5, 0.6) is 0 Å². The van der Waals surface area contributed by atoms with Crippen molar-refractivity contribution in [1.82, 2.24) is 9.97 Å². The Morgan fingerprint density at radius 3 is 1.24 bits per heavy atom. The third kappa shape index (κ3) is 8.58. The van der Waals surface area contributed by atoms with E-state index >= 15 is 0 Å². The third-order valence-corrected chi connectivity index (χ3v) is 7.34. The van der Waals surface area contributed by atoms with Crippen LogP contribution in [0, 0.1) is 0 Å². The molecule has 0 fully saturated rings. The molecule has 0 unspecified atom stereocenters. The van der Waals surface area contributed by atoms with Gasteiger partial charge in [0.2, 0.25) is 0 Å². The summed E-state index contributed by atoms with van der Waals surface area (Å²) in [6, 6.07) is 13.7. The number of alkyl halides is 9. The second-order valence-corrected chi connectivity index (χ2v) is 10.8. The van der Waals surface area contributed by atoms with Crippen LogP contribution in [0.3, 0.4) is 0 Å². The van der Waals surface area contributed by atoms with Crippen molar-refractivity contribution in [3.63, 3.8) is 0 Å². The summed E-state index contributed by atoms with van der Waals surface area (Å²) in [4.78, 5) is 8.23. The van der Waals surface area contributed by atoms with Crippen LogP contribution in [0.4, 0.5) is 39.5 Å². The minimum absolute atomic E-state index is 0.0665. The summed E-state index contributed by atoms with van der Waals surface area (Å²) in [5.74, 6) is -1.05. The summed E-state index contributed by atoms with van der Waals surface area (Å²) < 4.78 is 127. The van der Waals surface area contributed by atoms with E-state index in [0.29, 0.717) is 11.1 Å². The monoisotopic (exact) mass is 696 g/mol. The molecule has 0 bridgehead atoms. The summed E-state index contributed by atoms with van der Waals surface area (Å²) in [6.45, 7) is 11.0. The van der Waals surface area contributed by atoms with Gasteiger partial charge in [-0.3, -0.25) is 0 Å². The Bertz CT molecular complexity index is 1860. The lowest BCUT2D eigenvalue weighted by Gasteiger charge is -2.21. The van der Waals surface area contributed by atoms with Crippen molar-refractivity contribution in [2.24, 2.45) is 0 Å². The number of halogens is 9. The molecule has 0 spiro atoms. The Balaban J connectivity index is 2.06. The first-order valence-electron chi connectivity index (χ1n) is 14.9. The highest BCUT2D eigenvalue weighted by molar-refractivity contribution is 5.80. The van der Waals surface area contributed by atoms with Gasteiger partial charge in [-0.05, 0) is 54.3 Å². The van der Waals surface area contributed by atoms with E-state index in [1.54, 1.807) is 85.0 Å². The lowest BCUT2D eigenvalue weighted by Crippen LogP contribution is -2.19. The highest BCUT2D eigenvalue weighted by Gasteiger charge is 2.46. The van der Waals surface area contributed by atoms with Crippen molar-refractivity contribution >= 4 is 11.1 Å². The molecule has 4 rings (SSSR count). The quantitative estimate of drug-likeness (QED) is 0.129. The molecule has 0 aliphatic heterocycles. The maximum Gasteiger partial charge on any atom is 0.417 e. The fourth-order valence-corrected chi connectivity index (χ4v) is 5.12. The van der Waals surface area contributed by atoms with Crippen LogP contribution in [-0.4, -0.2) is 9.97 Å². The van der Waals surface area contributed by atoms with Crippen molar-refractivity contribution in [3.8, 4) is 33.9 Å². The molecule has 0 radical (unpaired) electrons. The van der Waals surface area contributed by atoms with Gasteiger partial charge in [0.1, 0.15) is 0 Å². The van der Waals surface area contributed by atoms with Gasteiger partial charge in [0.15, 0.2) is 5.82 Å². The van der Waals surface area contributed by atoms with Crippen molar-refractivity contribution in [2.75, 3.05) is 0 Å². The molecule has 1 heterocycles. The van der Waals surface area contributed by atoms with Gasteiger partial charge in [0.05, 0.1) is 28.1 Å². The molecular weight excluding hydrogens is 667 g/mol. The largest absolute Gasteiger partial charge is 0.417 e. The summed E-state index contributed by atoms with van der Waals surface area (Å²) in [5.41, 5.74) is -4.63. The highest BCUT2D eigenvalue weighted by Crippen LogP contribution is 2.47. The molecule has 0 N–H and O–H groups in total. The lowest BCUT2D eigenvalue weighted by atomic mass is 9.94. The molecule has 3 aromatic carbocycles. The van der Waals surface area contributed by atoms with E-state index in [4.69, 9.17) is 0 Å². The highest BCUT2D eigenvalue weighted by atomic mass is 19.4. The smallest absolute Gasteiger partial charge is 0.228 e. The van der Waals surface area contributed by atoms with Crippen LogP contribution < -0.4 is 0 Å². The van der Waals surface area contributed by atoms with Crippen LogP contribution in [0.15, 0.2) is 128 Å². The summed E-state index contributed by atoms with van der Waals surface area (Å²) in [5, 5.41) is 0. The van der Waals surface area contributed by atoms with Crippen LogP contribution in [-0.2, 0) is 18.5 Å². The van der Waals surface area contributed by atoms with E-state index in [1.165, 1.54) is 6.07 Å². The van der Waals surface area contributed by atoms with Crippen molar-refractivity contribution in [2.45, 2.75) is 32.4 Å². The number of rotatable bonds is 9. The minimum Gasteiger partial charge on any atom is -0.228 e. The summed E-state index contributed by atoms with van der Waals surface area (Å²) in [6.07, 6.45) is -2.92. The summed E-state index contributed by atoms with van der Waals surface area (Å²) >= 11 is 0. The zero-order valence-corrected chi connectivity index (χ0v) is 26.7. The van der Waals surface area contributed by atoms with Crippen molar-refractivity contribution in [1.29, 1.82) is 0 Å². The van der Waals surface area contributed by atoms with Crippen molar-refractivity contribution in [3.05, 3.63) is 156 Å².